The van der Waals surface area contributed by atoms with E-state index in [-0.39, 0.29) is 17.0 Å². The van der Waals surface area contributed by atoms with Gasteiger partial charge in [-0.3, -0.25) is 4.68 Å². The Labute approximate surface area is 146 Å². The second kappa shape index (κ2) is 6.33. The van der Waals surface area contributed by atoms with Crippen LogP contribution in [0.15, 0.2) is 48.5 Å². The molecular formula is C17H13ClF3N3O. The van der Waals surface area contributed by atoms with Gasteiger partial charge in [0.1, 0.15) is 11.4 Å². The van der Waals surface area contributed by atoms with Gasteiger partial charge in [0.05, 0.1) is 5.69 Å². The molecule has 8 heteroatoms. The third-order valence-corrected chi connectivity index (χ3v) is 3.83. The summed E-state index contributed by atoms with van der Waals surface area (Å²) in [6.07, 6.45) is -4.51. The third kappa shape index (κ3) is 3.71. The van der Waals surface area contributed by atoms with Gasteiger partial charge in [-0.2, -0.15) is 18.3 Å². The van der Waals surface area contributed by atoms with Crippen molar-refractivity contribution in [2.75, 3.05) is 5.32 Å². The van der Waals surface area contributed by atoms with E-state index in [1.165, 1.54) is 19.2 Å². The summed E-state index contributed by atoms with van der Waals surface area (Å²) in [6.45, 7) is 0. The molecule has 0 atom stereocenters. The first-order chi connectivity index (χ1) is 11.7. The number of aryl methyl sites for hydroxylation is 1. The minimum atomic E-state index is -4.51. The van der Waals surface area contributed by atoms with Gasteiger partial charge in [0.15, 0.2) is 0 Å². The lowest BCUT2D eigenvalue weighted by Crippen LogP contribution is -2.11. The zero-order valence-corrected chi connectivity index (χ0v) is 13.7. The molecule has 1 aromatic heterocycles. The van der Waals surface area contributed by atoms with Crippen molar-refractivity contribution in [2.45, 2.75) is 6.18 Å². The Balaban J connectivity index is 1.88. The monoisotopic (exact) mass is 367 g/mol. The molecule has 2 aromatic carbocycles. The van der Waals surface area contributed by atoms with Crippen molar-refractivity contribution < 1.29 is 18.3 Å². The molecule has 3 aromatic rings. The van der Waals surface area contributed by atoms with Crippen LogP contribution in [0.25, 0.3) is 11.3 Å². The molecule has 0 aliphatic carbocycles. The zero-order chi connectivity index (χ0) is 18.2. The summed E-state index contributed by atoms with van der Waals surface area (Å²) in [7, 11) is 1.21. The number of nitrogens with zero attached hydrogens (tertiary/aromatic N) is 2. The Morgan fingerprint density at radius 3 is 2.24 bits per heavy atom. The number of anilines is 2. The van der Waals surface area contributed by atoms with Crippen molar-refractivity contribution in [1.29, 1.82) is 0 Å². The number of hydrogen-bond donors (Lipinski definition) is 2. The van der Waals surface area contributed by atoms with Crippen LogP contribution in [0.2, 0.25) is 5.02 Å². The molecule has 0 spiro atoms. The normalized spacial score (nSPS) is 11.6. The van der Waals surface area contributed by atoms with Gasteiger partial charge in [-0.05, 0) is 42.5 Å². The predicted octanol–water partition coefficient (Wildman–Crippen LogP) is 5.21. The van der Waals surface area contributed by atoms with Crippen molar-refractivity contribution in [3.05, 3.63) is 59.2 Å². The van der Waals surface area contributed by atoms with E-state index in [0.29, 0.717) is 10.7 Å². The third-order valence-electron chi connectivity index (χ3n) is 3.58. The molecule has 0 aliphatic rings. The lowest BCUT2D eigenvalue weighted by molar-refractivity contribution is -0.143. The first-order valence-electron chi connectivity index (χ1n) is 7.21. The number of nitrogens with one attached hydrogen (secondary N) is 1. The Morgan fingerprint density at radius 1 is 1.04 bits per heavy atom. The first-order valence-corrected chi connectivity index (χ1v) is 7.59. The molecule has 4 nitrogen and oxygen atoms in total. The summed E-state index contributed by atoms with van der Waals surface area (Å²) >= 11 is 5.82. The Kier molecular flexibility index (Phi) is 4.34. The lowest BCUT2D eigenvalue weighted by atomic mass is 10.1. The Bertz CT molecular complexity index is 904. The first kappa shape index (κ1) is 17.2. The fourth-order valence-corrected chi connectivity index (χ4v) is 2.52. The highest BCUT2D eigenvalue weighted by atomic mass is 35.5. The number of alkyl halides is 3. The van der Waals surface area contributed by atoms with Gasteiger partial charge in [0, 0.05) is 35.1 Å². The molecule has 0 aliphatic heterocycles. The molecule has 0 saturated heterocycles. The van der Waals surface area contributed by atoms with Gasteiger partial charge in [-0.25, -0.2) is 0 Å². The molecule has 0 bridgehead atoms. The van der Waals surface area contributed by atoms with Gasteiger partial charge >= 0.3 is 6.18 Å². The quantitative estimate of drug-likeness (QED) is 0.668. The molecule has 0 fully saturated rings. The van der Waals surface area contributed by atoms with Crippen LogP contribution in [0, 0.1) is 0 Å². The van der Waals surface area contributed by atoms with Crippen LogP contribution >= 0.6 is 11.6 Å². The smallest absolute Gasteiger partial charge is 0.433 e. The van der Waals surface area contributed by atoms with Crippen LogP contribution < -0.4 is 5.32 Å². The van der Waals surface area contributed by atoms with E-state index in [9.17, 15) is 18.3 Å². The molecule has 0 saturated carbocycles. The summed E-state index contributed by atoms with van der Waals surface area (Å²) in [4.78, 5) is 0. The minimum absolute atomic E-state index is 0.0466. The molecule has 1 heterocycles. The van der Waals surface area contributed by atoms with E-state index in [2.05, 4.69) is 10.4 Å². The second-order valence-corrected chi connectivity index (χ2v) is 5.84. The SMILES string of the molecule is Cn1nc(-c2ccc(Nc3ccc(Cl)cc3)cc2O)cc1C(F)(F)F. The van der Waals surface area contributed by atoms with Gasteiger partial charge in [-0.15, -0.1) is 0 Å². The van der Waals surface area contributed by atoms with E-state index < -0.39 is 11.9 Å². The predicted molar refractivity (Wildman–Crippen MR) is 90.0 cm³/mol. The molecule has 3 rings (SSSR count). The molecule has 130 valence electrons. The lowest BCUT2D eigenvalue weighted by Gasteiger charge is -2.09. The van der Waals surface area contributed by atoms with Crippen molar-refractivity contribution in [2.24, 2.45) is 7.05 Å². The highest BCUT2D eigenvalue weighted by Gasteiger charge is 2.35. The highest BCUT2D eigenvalue weighted by Crippen LogP contribution is 2.36. The van der Waals surface area contributed by atoms with Crippen LogP contribution in [0.3, 0.4) is 0 Å². The summed E-state index contributed by atoms with van der Waals surface area (Å²) in [5, 5.41) is 17.7. The van der Waals surface area contributed by atoms with Crippen molar-refractivity contribution in [1.82, 2.24) is 9.78 Å². The summed E-state index contributed by atoms with van der Waals surface area (Å²) in [5.74, 6) is -0.175. The van der Waals surface area contributed by atoms with Crippen molar-refractivity contribution >= 4 is 23.0 Å². The summed E-state index contributed by atoms with van der Waals surface area (Å²) in [5.41, 5.74) is 0.715. The van der Waals surface area contributed by atoms with E-state index in [1.54, 1.807) is 30.3 Å². The molecule has 0 unspecified atom stereocenters. The van der Waals surface area contributed by atoms with Crippen molar-refractivity contribution in [3.63, 3.8) is 0 Å². The van der Waals surface area contributed by atoms with E-state index in [0.717, 1.165) is 16.4 Å². The number of phenolic OH excluding ortho intramolecular Hbond substituents is 1. The maximum atomic E-state index is 12.9. The maximum absolute atomic E-state index is 12.9. The number of aromatic nitrogens is 2. The number of aromatic hydroxyl groups is 1. The van der Waals surface area contributed by atoms with Crippen LogP contribution in [0.1, 0.15) is 5.69 Å². The second-order valence-electron chi connectivity index (χ2n) is 5.40. The van der Waals surface area contributed by atoms with Gasteiger partial charge in [-0.1, -0.05) is 11.6 Å². The molecule has 0 amide bonds. The van der Waals surface area contributed by atoms with Gasteiger partial charge in [0.25, 0.3) is 0 Å². The van der Waals surface area contributed by atoms with Crippen molar-refractivity contribution in [3.8, 4) is 17.0 Å². The van der Waals surface area contributed by atoms with E-state index in [4.69, 9.17) is 11.6 Å². The number of rotatable bonds is 3. The molecule has 2 N–H and O–H groups in total. The summed E-state index contributed by atoms with van der Waals surface area (Å²) < 4.78 is 39.4. The minimum Gasteiger partial charge on any atom is -0.507 e. The van der Waals surface area contributed by atoms with Gasteiger partial charge < -0.3 is 10.4 Å². The number of phenols is 1. The largest absolute Gasteiger partial charge is 0.507 e. The molecule has 25 heavy (non-hydrogen) atoms. The fourth-order valence-electron chi connectivity index (χ4n) is 2.39. The fraction of sp³-hybridized carbons (Fsp3) is 0.118. The zero-order valence-electron chi connectivity index (χ0n) is 13.0. The average Bonchev–Trinajstić information content (AvgIpc) is 2.91. The number of halogens is 4. The average molecular weight is 368 g/mol. The number of hydrogen-bond acceptors (Lipinski definition) is 3. The Hall–Kier alpha value is -2.67. The number of benzene rings is 2. The van der Waals surface area contributed by atoms with E-state index >= 15 is 0 Å². The highest BCUT2D eigenvalue weighted by molar-refractivity contribution is 6.30. The maximum Gasteiger partial charge on any atom is 0.433 e. The molecule has 0 radical (unpaired) electrons. The summed E-state index contributed by atoms with van der Waals surface area (Å²) in [6, 6.07) is 12.4. The Morgan fingerprint density at radius 2 is 1.68 bits per heavy atom. The molecular weight excluding hydrogens is 355 g/mol. The topological polar surface area (TPSA) is 50.1 Å². The van der Waals surface area contributed by atoms with Crippen LogP contribution in [-0.2, 0) is 13.2 Å². The van der Waals surface area contributed by atoms with Crippen LogP contribution in [0.5, 0.6) is 5.75 Å². The van der Waals surface area contributed by atoms with E-state index in [1.807, 2.05) is 0 Å². The van der Waals surface area contributed by atoms with Gasteiger partial charge in [0.2, 0.25) is 0 Å². The van der Waals surface area contributed by atoms with Crippen LogP contribution in [-0.4, -0.2) is 14.9 Å². The standard InChI is InChI=1S/C17H13ClF3N3O/c1-24-16(17(19,20)21)9-14(23-24)13-7-6-12(8-15(13)25)22-11-4-2-10(18)3-5-11/h2-9,22,25H,1H3. The van der Waals surface area contributed by atoms with Crippen LogP contribution in [0.4, 0.5) is 24.5 Å².